The minimum absolute atomic E-state index is 0.215. The van der Waals surface area contributed by atoms with Gasteiger partial charge in [0.15, 0.2) is 0 Å². The van der Waals surface area contributed by atoms with Crippen LogP contribution in [0.2, 0.25) is 0 Å². The Morgan fingerprint density at radius 1 is 1.22 bits per heavy atom. The van der Waals surface area contributed by atoms with Crippen molar-refractivity contribution in [3.63, 3.8) is 0 Å². The zero-order chi connectivity index (χ0) is 19.0. The highest BCUT2D eigenvalue weighted by Gasteiger charge is 2.42. The van der Waals surface area contributed by atoms with Crippen molar-refractivity contribution < 1.29 is 9.53 Å². The number of benzene rings is 1. The van der Waals surface area contributed by atoms with Gasteiger partial charge in [-0.2, -0.15) is 0 Å². The van der Waals surface area contributed by atoms with Crippen LogP contribution in [0.15, 0.2) is 18.2 Å². The molecule has 1 atom stereocenters. The van der Waals surface area contributed by atoms with Crippen LogP contribution in [0.1, 0.15) is 43.5 Å². The monoisotopic (exact) mass is 369 g/mol. The van der Waals surface area contributed by atoms with Crippen molar-refractivity contribution in [2.24, 2.45) is 0 Å². The number of carbonyl (C=O) groups excluding carboxylic acids is 1. The summed E-state index contributed by atoms with van der Waals surface area (Å²) in [4.78, 5) is 21.1. The average molecular weight is 370 g/mol. The molecule has 3 heterocycles. The number of nitrogens with zero attached hydrogens (tertiary/aromatic N) is 2. The molecule has 0 bridgehead atoms. The van der Waals surface area contributed by atoms with Crippen LogP contribution in [0.4, 0.5) is 0 Å². The number of likely N-dealkylation sites (N-methyl/N-ethyl adjacent to an activating group) is 1. The van der Waals surface area contributed by atoms with E-state index < -0.39 is 5.60 Å². The molecule has 0 aliphatic carbocycles. The fraction of sp³-hybridized carbons (Fsp3) is 0.591. The van der Waals surface area contributed by atoms with Gasteiger partial charge < -0.3 is 19.5 Å². The number of aromatic amines is 1. The smallest absolute Gasteiger partial charge is 0.225 e. The second kappa shape index (κ2) is 7.28. The van der Waals surface area contributed by atoms with Gasteiger partial charge in [0.25, 0.3) is 0 Å². The topological polar surface area (TPSA) is 48.6 Å². The molecule has 0 radical (unpaired) electrons. The summed E-state index contributed by atoms with van der Waals surface area (Å²) < 4.78 is 6.34. The van der Waals surface area contributed by atoms with Crippen LogP contribution in [-0.2, 0) is 28.0 Å². The van der Waals surface area contributed by atoms with Gasteiger partial charge in [-0.15, -0.1) is 0 Å². The molecule has 0 spiro atoms. The molecule has 1 fully saturated rings. The van der Waals surface area contributed by atoms with E-state index in [4.69, 9.17) is 4.74 Å². The first kappa shape index (κ1) is 18.5. The number of rotatable bonds is 4. The second-order valence-electron chi connectivity index (χ2n) is 7.98. The van der Waals surface area contributed by atoms with Crippen LogP contribution < -0.4 is 0 Å². The lowest BCUT2D eigenvalue weighted by atomic mass is 9.85. The number of hydrogen-bond donors (Lipinski definition) is 1. The maximum atomic E-state index is 13.1. The average Bonchev–Trinajstić information content (AvgIpc) is 3.08. The first-order valence-corrected chi connectivity index (χ1v) is 10.3. The predicted molar refractivity (Wildman–Crippen MR) is 108 cm³/mol. The van der Waals surface area contributed by atoms with E-state index >= 15 is 0 Å². The van der Waals surface area contributed by atoms with Crippen molar-refractivity contribution >= 4 is 16.8 Å². The third-order valence-electron chi connectivity index (χ3n) is 6.46. The van der Waals surface area contributed by atoms with Gasteiger partial charge in [0.1, 0.15) is 5.60 Å². The Morgan fingerprint density at radius 3 is 2.70 bits per heavy atom. The van der Waals surface area contributed by atoms with Crippen LogP contribution in [0.5, 0.6) is 0 Å². The van der Waals surface area contributed by atoms with Crippen molar-refractivity contribution in [2.75, 3.05) is 39.8 Å². The summed E-state index contributed by atoms with van der Waals surface area (Å²) in [6.07, 6.45) is 3.13. The summed E-state index contributed by atoms with van der Waals surface area (Å²) >= 11 is 0. The normalized spacial score (nSPS) is 23.6. The van der Waals surface area contributed by atoms with E-state index in [-0.39, 0.29) is 5.91 Å². The van der Waals surface area contributed by atoms with Crippen LogP contribution in [-0.4, -0.2) is 60.5 Å². The Bertz CT molecular complexity index is 835. The third kappa shape index (κ3) is 3.17. The molecule has 1 N–H and O–H groups in total. The predicted octanol–water partition coefficient (Wildman–Crippen LogP) is 3.07. The summed E-state index contributed by atoms with van der Waals surface area (Å²) in [6, 6.07) is 6.54. The number of piperazine rings is 1. The number of aromatic nitrogens is 1. The summed E-state index contributed by atoms with van der Waals surface area (Å²) in [5.41, 5.74) is 4.50. The van der Waals surface area contributed by atoms with Crippen LogP contribution in [0.25, 0.3) is 10.9 Å². The van der Waals surface area contributed by atoms with E-state index in [2.05, 4.69) is 49.0 Å². The zero-order valence-corrected chi connectivity index (χ0v) is 16.8. The Kier molecular flexibility index (Phi) is 4.99. The van der Waals surface area contributed by atoms with E-state index in [0.29, 0.717) is 13.0 Å². The first-order valence-electron chi connectivity index (χ1n) is 10.3. The minimum Gasteiger partial charge on any atom is -0.368 e. The molecule has 4 rings (SSSR count). The van der Waals surface area contributed by atoms with Gasteiger partial charge in [0.2, 0.25) is 5.91 Å². The van der Waals surface area contributed by atoms with Gasteiger partial charge >= 0.3 is 0 Å². The molecule has 5 nitrogen and oxygen atoms in total. The molecule has 2 aliphatic heterocycles. The van der Waals surface area contributed by atoms with E-state index in [9.17, 15) is 4.79 Å². The van der Waals surface area contributed by atoms with Gasteiger partial charge in [-0.25, -0.2) is 0 Å². The number of ether oxygens (including phenoxy) is 1. The minimum atomic E-state index is -0.530. The van der Waals surface area contributed by atoms with Crippen molar-refractivity contribution in [3.8, 4) is 0 Å². The largest absolute Gasteiger partial charge is 0.368 e. The lowest BCUT2D eigenvalue weighted by molar-refractivity contribution is -0.144. The summed E-state index contributed by atoms with van der Waals surface area (Å²) in [6.45, 7) is 8.53. The summed E-state index contributed by atoms with van der Waals surface area (Å²) in [7, 11) is 2.11. The molecule has 1 amide bonds. The van der Waals surface area contributed by atoms with E-state index in [1.807, 2.05) is 4.90 Å². The standard InChI is InChI=1S/C22H31N3O2/c1-4-16-7-6-8-17-18-9-14-27-22(5-2,21(18)23-20(16)17)15-19(26)25-12-10-24(3)11-13-25/h6-8,23H,4-5,9-15H2,1-3H3. The molecule has 1 aromatic heterocycles. The quantitative estimate of drug-likeness (QED) is 0.901. The van der Waals surface area contributed by atoms with Crippen molar-refractivity contribution in [1.29, 1.82) is 0 Å². The fourth-order valence-corrected chi connectivity index (χ4v) is 4.65. The highest BCUT2D eigenvalue weighted by Crippen LogP contribution is 2.42. The van der Waals surface area contributed by atoms with Gasteiger partial charge in [-0.3, -0.25) is 4.79 Å². The van der Waals surface area contributed by atoms with Gasteiger partial charge in [-0.1, -0.05) is 32.0 Å². The van der Waals surface area contributed by atoms with Gasteiger partial charge in [0.05, 0.1) is 18.7 Å². The zero-order valence-electron chi connectivity index (χ0n) is 16.8. The molecule has 2 aliphatic rings. The number of carbonyl (C=O) groups is 1. The molecule has 1 aromatic carbocycles. The van der Waals surface area contributed by atoms with Crippen molar-refractivity contribution in [3.05, 3.63) is 35.0 Å². The lowest BCUT2D eigenvalue weighted by Crippen LogP contribution is -2.49. The SMILES string of the molecule is CCc1cccc2c3c([nH]c12)C(CC)(CC(=O)N1CCN(C)CC1)OCC3. The van der Waals surface area contributed by atoms with E-state index in [1.165, 1.54) is 22.0 Å². The Labute approximate surface area is 161 Å². The molecule has 1 saturated heterocycles. The molecular weight excluding hydrogens is 338 g/mol. The first-order chi connectivity index (χ1) is 13.1. The maximum absolute atomic E-state index is 13.1. The van der Waals surface area contributed by atoms with Crippen LogP contribution in [0.3, 0.4) is 0 Å². The molecule has 27 heavy (non-hydrogen) atoms. The molecule has 5 heteroatoms. The Morgan fingerprint density at radius 2 is 2.00 bits per heavy atom. The molecule has 0 saturated carbocycles. The number of H-pyrrole nitrogens is 1. The maximum Gasteiger partial charge on any atom is 0.225 e. The highest BCUT2D eigenvalue weighted by atomic mass is 16.5. The van der Waals surface area contributed by atoms with Crippen molar-refractivity contribution in [1.82, 2.24) is 14.8 Å². The molecule has 1 unspecified atom stereocenters. The number of para-hydroxylation sites is 1. The summed E-state index contributed by atoms with van der Waals surface area (Å²) in [5, 5.41) is 1.30. The van der Waals surface area contributed by atoms with E-state index in [1.54, 1.807) is 0 Å². The number of nitrogens with one attached hydrogen (secondary N) is 1. The lowest BCUT2D eigenvalue weighted by Gasteiger charge is -2.39. The van der Waals surface area contributed by atoms with Crippen LogP contribution >= 0.6 is 0 Å². The molecule has 2 aromatic rings. The second-order valence-corrected chi connectivity index (χ2v) is 7.98. The van der Waals surface area contributed by atoms with E-state index in [0.717, 1.165) is 51.1 Å². The fourth-order valence-electron chi connectivity index (χ4n) is 4.65. The van der Waals surface area contributed by atoms with Crippen molar-refractivity contribution in [2.45, 2.75) is 45.1 Å². The summed E-state index contributed by atoms with van der Waals surface area (Å²) in [5.74, 6) is 0.215. The molecular formula is C22H31N3O2. The Balaban J connectivity index is 1.69. The number of fused-ring (bicyclic) bond motifs is 3. The third-order valence-corrected chi connectivity index (χ3v) is 6.46. The number of amides is 1. The van der Waals surface area contributed by atoms with Crippen LogP contribution in [0, 0.1) is 0 Å². The molecule has 146 valence electrons. The number of aryl methyl sites for hydroxylation is 1. The highest BCUT2D eigenvalue weighted by molar-refractivity contribution is 5.88. The number of hydrogen-bond acceptors (Lipinski definition) is 3. The van der Waals surface area contributed by atoms with Gasteiger partial charge in [0, 0.05) is 37.1 Å². The van der Waals surface area contributed by atoms with Gasteiger partial charge in [-0.05, 0) is 37.4 Å². The Hall–Kier alpha value is -1.85.